The molecule has 124 valence electrons. The lowest BCUT2D eigenvalue weighted by Gasteiger charge is -2.01. The summed E-state index contributed by atoms with van der Waals surface area (Å²) in [6.45, 7) is 0.307. The average molecular weight is 326 g/mol. The molecular formula is C17H18N4O3. The number of benzene rings is 1. The molecule has 2 N–H and O–H groups in total. The van der Waals surface area contributed by atoms with E-state index in [1.807, 2.05) is 30.3 Å². The predicted molar refractivity (Wildman–Crippen MR) is 87.2 cm³/mol. The molecule has 24 heavy (non-hydrogen) atoms. The zero-order valence-corrected chi connectivity index (χ0v) is 13.3. The summed E-state index contributed by atoms with van der Waals surface area (Å²) < 4.78 is 10.5. The molecule has 0 aliphatic carbocycles. The fourth-order valence-electron chi connectivity index (χ4n) is 2.26. The Morgan fingerprint density at radius 2 is 2.29 bits per heavy atom. The van der Waals surface area contributed by atoms with E-state index in [4.69, 9.17) is 9.26 Å². The lowest BCUT2D eigenvalue weighted by Crippen LogP contribution is -2.22. The normalized spacial score (nSPS) is 10.5. The van der Waals surface area contributed by atoms with Crippen molar-refractivity contribution in [3.8, 4) is 17.0 Å². The van der Waals surface area contributed by atoms with Gasteiger partial charge in [-0.25, -0.2) is 0 Å². The quantitative estimate of drug-likeness (QED) is 0.695. The summed E-state index contributed by atoms with van der Waals surface area (Å²) in [6.07, 6.45) is 4.54. The number of nitrogens with zero attached hydrogens (tertiary/aromatic N) is 2. The topological polar surface area (TPSA) is 93.0 Å². The second kappa shape index (κ2) is 7.45. The molecule has 3 rings (SSSR count). The number of carbonyl (C=O) groups is 1. The van der Waals surface area contributed by atoms with Crippen LogP contribution in [-0.4, -0.2) is 28.4 Å². The van der Waals surface area contributed by atoms with Gasteiger partial charge in [0, 0.05) is 24.2 Å². The van der Waals surface area contributed by atoms with Crippen LogP contribution in [0, 0.1) is 0 Å². The molecule has 0 spiro atoms. The molecule has 0 fully saturated rings. The number of amides is 1. The van der Waals surface area contributed by atoms with Gasteiger partial charge < -0.3 is 14.6 Å². The molecule has 7 nitrogen and oxygen atoms in total. The largest absolute Gasteiger partial charge is 0.497 e. The van der Waals surface area contributed by atoms with E-state index in [1.165, 1.54) is 0 Å². The lowest BCUT2D eigenvalue weighted by atomic mass is 10.1. The van der Waals surface area contributed by atoms with Crippen LogP contribution in [0.3, 0.4) is 0 Å². The van der Waals surface area contributed by atoms with Crippen molar-refractivity contribution in [3.63, 3.8) is 0 Å². The predicted octanol–water partition coefficient (Wildman–Crippen LogP) is 2.32. The molecule has 0 saturated carbocycles. The maximum absolute atomic E-state index is 11.9. The molecule has 3 aromatic rings. The Morgan fingerprint density at radius 1 is 1.38 bits per heavy atom. The van der Waals surface area contributed by atoms with Gasteiger partial charge in [-0.3, -0.25) is 9.89 Å². The van der Waals surface area contributed by atoms with Crippen LogP contribution in [0.25, 0.3) is 11.3 Å². The van der Waals surface area contributed by atoms with Gasteiger partial charge in [-0.2, -0.15) is 5.10 Å². The number of H-pyrrole nitrogens is 1. The second-order valence-corrected chi connectivity index (χ2v) is 5.29. The first-order chi connectivity index (χ1) is 11.7. The van der Waals surface area contributed by atoms with Gasteiger partial charge in [0.1, 0.15) is 11.4 Å². The smallest absolute Gasteiger partial charge is 0.220 e. The van der Waals surface area contributed by atoms with Crippen LogP contribution in [0.2, 0.25) is 0 Å². The summed E-state index contributed by atoms with van der Waals surface area (Å²) in [5.74, 6) is 1.31. The third kappa shape index (κ3) is 4.01. The third-order valence-corrected chi connectivity index (χ3v) is 3.58. The minimum atomic E-state index is -0.0458. The van der Waals surface area contributed by atoms with Crippen LogP contribution >= 0.6 is 0 Å². The molecule has 2 heterocycles. The summed E-state index contributed by atoms with van der Waals surface area (Å²) in [7, 11) is 1.62. The van der Waals surface area contributed by atoms with Crippen molar-refractivity contribution in [2.45, 2.75) is 19.4 Å². The van der Waals surface area contributed by atoms with Gasteiger partial charge in [0.15, 0.2) is 5.76 Å². The monoisotopic (exact) mass is 326 g/mol. The first-order valence-electron chi connectivity index (χ1n) is 7.59. The molecule has 0 bridgehead atoms. The van der Waals surface area contributed by atoms with Gasteiger partial charge in [-0.1, -0.05) is 17.3 Å². The van der Waals surface area contributed by atoms with E-state index in [0.717, 1.165) is 16.9 Å². The highest BCUT2D eigenvalue weighted by molar-refractivity contribution is 5.76. The molecule has 0 radical (unpaired) electrons. The van der Waals surface area contributed by atoms with E-state index in [2.05, 4.69) is 20.7 Å². The number of methoxy groups -OCH3 is 1. The third-order valence-electron chi connectivity index (χ3n) is 3.58. The van der Waals surface area contributed by atoms with Gasteiger partial charge in [0.25, 0.3) is 0 Å². The molecule has 0 aliphatic heterocycles. The highest BCUT2D eigenvalue weighted by Crippen LogP contribution is 2.23. The van der Waals surface area contributed by atoms with Crippen molar-refractivity contribution in [1.29, 1.82) is 0 Å². The van der Waals surface area contributed by atoms with Crippen LogP contribution < -0.4 is 10.1 Å². The van der Waals surface area contributed by atoms with E-state index in [-0.39, 0.29) is 5.91 Å². The minimum Gasteiger partial charge on any atom is -0.497 e. The van der Waals surface area contributed by atoms with Crippen molar-refractivity contribution in [2.75, 3.05) is 7.11 Å². The molecule has 0 saturated heterocycles. The Kier molecular flexibility index (Phi) is 4.90. The number of hydrogen-bond donors (Lipinski definition) is 2. The fourth-order valence-corrected chi connectivity index (χ4v) is 2.26. The van der Waals surface area contributed by atoms with Crippen molar-refractivity contribution < 1.29 is 14.1 Å². The number of aromatic nitrogens is 3. The Bertz CT molecular complexity index is 796. The SMILES string of the molecule is COc1cccc(-c2cc(CNC(=O)CCc3cn[nH]c3)on2)c1. The molecule has 0 atom stereocenters. The first kappa shape index (κ1) is 15.8. The summed E-state index contributed by atoms with van der Waals surface area (Å²) in [6, 6.07) is 9.37. The first-order valence-corrected chi connectivity index (χ1v) is 7.59. The van der Waals surface area contributed by atoms with Gasteiger partial charge in [0.2, 0.25) is 5.91 Å². The fraction of sp³-hybridized carbons (Fsp3) is 0.235. The van der Waals surface area contributed by atoms with Gasteiger partial charge in [0.05, 0.1) is 19.9 Å². The van der Waals surface area contributed by atoms with Gasteiger partial charge in [-0.15, -0.1) is 0 Å². The van der Waals surface area contributed by atoms with E-state index in [1.54, 1.807) is 19.5 Å². The zero-order valence-electron chi connectivity index (χ0n) is 13.3. The number of ether oxygens (including phenoxy) is 1. The lowest BCUT2D eigenvalue weighted by molar-refractivity contribution is -0.121. The van der Waals surface area contributed by atoms with E-state index >= 15 is 0 Å². The Hall–Kier alpha value is -3.09. The minimum absolute atomic E-state index is 0.0458. The summed E-state index contributed by atoms with van der Waals surface area (Å²) in [5, 5.41) is 13.4. The van der Waals surface area contributed by atoms with Crippen LogP contribution in [0.4, 0.5) is 0 Å². The molecule has 2 aromatic heterocycles. The molecule has 1 amide bonds. The average Bonchev–Trinajstić information content (AvgIpc) is 3.30. The van der Waals surface area contributed by atoms with Crippen LogP contribution in [0.5, 0.6) is 5.75 Å². The number of carbonyl (C=O) groups excluding carboxylic acids is 1. The zero-order chi connectivity index (χ0) is 16.8. The number of nitrogens with one attached hydrogen (secondary N) is 2. The van der Waals surface area contributed by atoms with Crippen molar-refractivity contribution in [3.05, 3.63) is 54.0 Å². The highest BCUT2D eigenvalue weighted by atomic mass is 16.5. The van der Waals surface area contributed by atoms with Crippen LogP contribution in [0.15, 0.2) is 47.2 Å². The summed E-state index contributed by atoms with van der Waals surface area (Å²) >= 11 is 0. The second-order valence-electron chi connectivity index (χ2n) is 5.29. The molecule has 1 aromatic carbocycles. The van der Waals surface area contributed by atoms with Crippen molar-refractivity contribution in [2.24, 2.45) is 0 Å². The molecule has 0 unspecified atom stereocenters. The number of rotatable bonds is 7. The summed E-state index contributed by atoms with van der Waals surface area (Å²) in [5.41, 5.74) is 2.61. The Labute approximate surface area is 139 Å². The molecular weight excluding hydrogens is 308 g/mol. The highest BCUT2D eigenvalue weighted by Gasteiger charge is 2.09. The Balaban J connectivity index is 1.53. The van der Waals surface area contributed by atoms with Crippen LogP contribution in [0.1, 0.15) is 17.7 Å². The van der Waals surface area contributed by atoms with E-state index < -0.39 is 0 Å². The van der Waals surface area contributed by atoms with Crippen LogP contribution in [-0.2, 0) is 17.8 Å². The summed E-state index contributed by atoms with van der Waals surface area (Å²) in [4.78, 5) is 11.9. The number of aryl methyl sites for hydroxylation is 1. The van der Waals surface area contributed by atoms with E-state index in [0.29, 0.717) is 30.8 Å². The number of hydrogen-bond acceptors (Lipinski definition) is 5. The van der Waals surface area contributed by atoms with Gasteiger partial charge in [-0.05, 0) is 24.1 Å². The maximum Gasteiger partial charge on any atom is 0.220 e. The molecule has 7 heteroatoms. The van der Waals surface area contributed by atoms with E-state index in [9.17, 15) is 4.79 Å². The molecule has 0 aliphatic rings. The number of aromatic amines is 1. The van der Waals surface area contributed by atoms with Gasteiger partial charge >= 0.3 is 0 Å². The van der Waals surface area contributed by atoms with Crippen molar-refractivity contribution in [1.82, 2.24) is 20.7 Å². The standard InChI is InChI=1S/C17H18N4O3/c1-23-14-4-2-3-13(7-14)16-8-15(24-21-16)11-18-17(22)6-5-12-9-19-20-10-12/h2-4,7-10H,5-6,11H2,1H3,(H,18,22)(H,19,20). The van der Waals surface area contributed by atoms with Crippen molar-refractivity contribution >= 4 is 5.91 Å². The maximum atomic E-state index is 11.9. The Morgan fingerprint density at radius 3 is 3.08 bits per heavy atom.